The van der Waals surface area contributed by atoms with Gasteiger partial charge >= 0.3 is 5.97 Å². The Morgan fingerprint density at radius 1 is 1.35 bits per heavy atom. The Morgan fingerprint density at radius 3 is 2.88 bits per heavy atom. The van der Waals surface area contributed by atoms with Crippen LogP contribution in [-0.4, -0.2) is 24.1 Å². The number of ether oxygens (including phenoxy) is 1. The minimum absolute atomic E-state index is 0.386. The SMILES string of the molecule is COC(=O)[C@H](N)Cc1ccc2ccccc2n1. The number of fused-ring (bicyclic) bond motifs is 1. The summed E-state index contributed by atoms with van der Waals surface area (Å²) < 4.78 is 4.58. The van der Waals surface area contributed by atoms with E-state index in [0.717, 1.165) is 16.6 Å². The molecule has 0 unspecified atom stereocenters. The van der Waals surface area contributed by atoms with E-state index >= 15 is 0 Å². The minimum atomic E-state index is -0.659. The Hall–Kier alpha value is -1.94. The van der Waals surface area contributed by atoms with Crippen LogP contribution in [-0.2, 0) is 16.0 Å². The molecule has 17 heavy (non-hydrogen) atoms. The number of hydrogen-bond donors (Lipinski definition) is 1. The second-order valence-electron chi connectivity index (χ2n) is 3.83. The van der Waals surface area contributed by atoms with Gasteiger partial charge in [0.1, 0.15) is 6.04 Å². The fourth-order valence-corrected chi connectivity index (χ4v) is 1.68. The smallest absolute Gasteiger partial charge is 0.323 e. The van der Waals surface area contributed by atoms with Gasteiger partial charge in [-0.1, -0.05) is 24.3 Å². The first-order valence-electron chi connectivity index (χ1n) is 5.39. The molecule has 1 heterocycles. The lowest BCUT2D eigenvalue weighted by Gasteiger charge is -2.08. The number of rotatable bonds is 3. The summed E-state index contributed by atoms with van der Waals surface area (Å²) in [5, 5.41) is 1.07. The van der Waals surface area contributed by atoms with Crippen LogP contribution in [0.2, 0.25) is 0 Å². The average molecular weight is 230 g/mol. The van der Waals surface area contributed by atoms with Crippen LogP contribution in [0.15, 0.2) is 36.4 Å². The molecular weight excluding hydrogens is 216 g/mol. The molecule has 1 atom stereocenters. The molecule has 0 fully saturated rings. The molecule has 88 valence electrons. The largest absolute Gasteiger partial charge is 0.468 e. The number of carbonyl (C=O) groups is 1. The van der Waals surface area contributed by atoms with Gasteiger partial charge in [-0.3, -0.25) is 9.78 Å². The number of nitrogens with zero attached hydrogens (tertiary/aromatic N) is 1. The Balaban J connectivity index is 2.22. The molecule has 0 saturated heterocycles. The molecule has 1 aromatic carbocycles. The fourth-order valence-electron chi connectivity index (χ4n) is 1.68. The van der Waals surface area contributed by atoms with Crippen LogP contribution in [0.1, 0.15) is 5.69 Å². The van der Waals surface area contributed by atoms with E-state index in [0.29, 0.717) is 6.42 Å². The van der Waals surface area contributed by atoms with E-state index < -0.39 is 12.0 Å². The lowest BCUT2D eigenvalue weighted by molar-refractivity contribution is -0.142. The maximum atomic E-state index is 11.2. The van der Waals surface area contributed by atoms with Crippen LogP contribution in [0, 0.1) is 0 Å². The monoisotopic (exact) mass is 230 g/mol. The second-order valence-corrected chi connectivity index (χ2v) is 3.83. The third-order valence-electron chi connectivity index (χ3n) is 2.59. The highest BCUT2D eigenvalue weighted by atomic mass is 16.5. The third kappa shape index (κ3) is 2.60. The number of esters is 1. The molecule has 0 aliphatic rings. The number of carbonyl (C=O) groups excluding carboxylic acids is 1. The van der Waals surface area contributed by atoms with Crippen LogP contribution < -0.4 is 5.73 Å². The summed E-state index contributed by atoms with van der Waals surface area (Å²) in [5.74, 6) is -0.417. The highest BCUT2D eigenvalue weighted by Gasteiger charge is 2.14. The van der Waals surface area contributed by atoms with Crippen molar-refractivity contribution in [2.75, 3.05) is 7.11 Å². The molecule has 4 nitrogen and oxygen atoms in total. The van der Waals surface area contributed by atoms with Crippen molar-refractivity contribution in [1.29, 1.82) is 0 Å². The molecule has 0 aliphatic carbocycles. The molecule has 0 aliphatic heterocycles. The topological polar surface area (TPSA) is 65.2 Å². The lowest BCUT2D eigenvalue weighted by Crippen LogP contribution is -2.33. The molecular formula is C13H14N2O2. The van der Waals surface area contributed by atoms with E-state index in [-0.39, 0.29) is 0 Å². The number of methoxy groups -OCH3 is 1. The second kappa shape index (κ2) is 4.93. The zero-order chi connectivity index (χ0) is 12.3. The summed E-state index contributed by atoms with van der Waals surface area (Å²) in [6, 6.07) is 11.0. The molecule has 2 aromatic rings. The maximum Gasteiger partial charge on any atom is 0.323 e. The Labute approximate surface area is 99.4 Å². The Kier molecular flexibility index (Phi) is 3.35. The molecule has 2 N–H and O–H groups in total. The average Bonchev–Trinajstić information content (AvgIpc) is 2.37. The van der Waals surface area contributed by atoms with Crippen LogP contribution in [0.25, 0.3) is 10.9 Å². The number of pyridine rings is 1. The molecule has 0 radical (unpaired) electrons. The maximum absolute atomic E-state index is 11.2. The van der Waals surface area contributed by atoms with Crippen molar-refractivity contribution in [3.63, 3.8) is 0 Å². The number of para-hydroxylation sites is 1. The standard InChI is InChI=1S/C13H14N2O2/c1-17-13(16)11(14)8-10-7-6-9-4-2-3-5-12(9)15-10/h2-7,11H,8,14H2,1H3/t11-/m1/s1. The lowest BCUT2D eigenvalue weighted by atomic mass is 10.1. The van der Waals surface area contributed by atoms with Gasteiger partial charge < -0.3 is 10.5 Å². The highest BCUT2D eigenvalue weighted by molar-refractivity contribution is 5.79. The van der Waals surface area contributed by atoms with Crippen molar-refractivity contribution in [1.82, 2.24) is 4.98 Å². The van der Waals surface area contributed by atoms with Crippen molar-refractivity contribution in [2.24, 2.45) is 5.73 Å². The van der Waals surface area contributed by atoms with Crippen LogP contribution in [0.5, 0.6) is 0 Å². The van der Waals surface area contributed by atoms with Crippen LogP contribution in [0.4, 0.5) is 0 Å². The predicted octanol–water partition coefficient (Wildman–Crippen LogP) is 1.28. The number of benzene rings is 1. The van der Waals surface area contributed by atoms with Gasteiger partial charge in [0.05, 0.1) is 12.6 Å². The molecule has 4 heteroatoms. The number of hydrogen-bond acceptors (Lipinski definition) is 4. The first-order valence-corrected chi connectivity index (χ1v) is 5.39. The van der Waals surface area contributed by atoms with Gasteiger partial charge in [-0.2, -0.15) is 0 Å². The van der Waals surface area contributed by atoms with E-state index in [9.17, 15) is 4.79 Å². The van der Waals surface area contributed by atoms with Gasteiger partial charge in [0.15, 0.2) is 0 Å². The molecule has 1 aromatic heterocycles. The molecule has 0 amide bonds. The van der Waals surface area contributed by atoms with Crippen molar-refractivity contribution in [3.8, 4) is 0 Å². The van der Waals surface area contributed by atoms with E-state index in [1.807, 2.05) is 36.4 Å². The van der Waals surface area contributed by atoms with Crippen molar-refractivity contribution in [3.05, 3.63) is 42.1 Å². The highest BCUT2D eigenvalue weighted by Crippen LogP contribution is 2.12. The van der Waals surface area contributed by atoms with Crippen LogP contribution >= 0.6 is 0 Å². The van der Waals surface area contributed by atoms with E-state index in [1.54, 1.807) is 0 Å². The Bertz CT molecular complexity index is 540. The van der Waals surface area contributed by atoms with Crippen molar-refractivity contribution in [2.45, 2.75) is 12.5 Å². The number of aromatic nitrogens is 1. The summed E-state index contributed by atoms with van der Waals surface area (Å²) in [6.45, 7) is 0. The van der Waals surface area contributed by atoms with Crippen molar-refractivity contribution >= 4 is 16.9 Å². The molecule has 0 saturated carbocycles. The van der Waals surface area contributed by atoms with Gasteiger partial charge in [-0.25, -0.2) is 0 Å². The number of nitrogens with two attached hydrogens (primary N) is 1. The summed E-state index contributed by atoms with van der Waals surface area (Å²) >= 11 is 0. The quantitative estimate of drug-likeness (QED) is 0.807. The fraction of sp³-hybridized carbons (Fsp3) is 0.231. The first kappa shape index (κ1) is 11.5. The molecule has 0 spiro atoms. The van der Waals surface area contributed by atoms with Gasteiger partial charge in [-0.15, -0.1) is 0 Å². The van der Waals surface area contributed by atoms with Gasteiger partial charge in [0.2, 0.25) is 0 Å². The zero-order valence-electron chi connectivity index (χ0n) is 9.59. The van der Waals surface area contributed by atoms with Gasteiger partial charge in [-0.05, 0) is 12.1 Å². The van der Waals surface area contributed by atoms with Crippen molar-refractivity contribution < 1.29 is 9.53 Å². The van der Waals surface area contributed by atoms with E-state index in [1.165, 1.54) is 7.11 Å². The van der Waals surface area contributed by atoms with Crippen LogP contribution in [0.3, 0.4) is 0 Å². The normalized spacial score (nSPS) is 12.4. The molecule has 2 rings (SSSR count). The van der Waals surface area contributed by atoms with Gasteiger partial charge in [0.25, 0.3) is 0 Å². The van der Waals surface area contributed by atoms with E-state index in [2.05, 4.69) is 9.72 Å². The summed E-state index contributed by atoms with van der Waals surface area (Å²) in [4.78, 5) is 15.6. The predicted molar refractivity (Wildman–Crippen MR) is 65.4 cm³/mol. The molecule has 0 bridgehead atoms. The van der Waals surface area contributed by atoms with E-state index in [4.69, 9.17) is 5.73 Å². The summed E-state index contributed by atoms with van der Waals surface area (Å²) in [7, 11) is 1.33. The Morgan fingerprint density at radius 2 is 2.12 bits per heavy atom. The zero-order valence-corrected chi connectivity index (χ0v) is 9.59. The third-order valence-corrected chi connectivity index (χ3v) is 2.59. The minimum Gasteiger partial charge on any atom is -0.468 e. The summed E-state index contributed by atoms with van der Waals surface area (Å²) in [6.07, 6.45) is 0.386. The van der Waals surface area contributed by atoms with Gasteiger partial charge in [0, 0.05) is 17.5 Å². The first-order chi connectivity index (χ1) is 8.20. The summed E-state index contributed by atoms with van der Waals surface area (Å²) in [5.41, 5.74) is 7.39.